The average Bonchev–Trinajstić information content (AvgIpc) is 2.78. The maximum atomic E-state index is 12.0. The standard InChI is InChI=1S/C19H24BNO4/c1-4-24-17(22)12-8-11-16-15(13-14-9-6-5-7-10-14)21(18(20)23)19(2,3)25-16/h5-10,12,15-16H,4,11,13H2,1-3H3/b12-8+. The maximum absolute atomic E-state index is 12.0. The van der Waals surface area contributed by atoms with Gasteiger partial charge in [0.2, 0.25) is 7.85 Å². The Morgan fingerprint density at radius 3 is 2.60 bits per heavy atom. The summed E-state index contributed by atoms with van der Waals surface area (Å²) in [6.07, 6.45) is 3.98. The van der Waals surface area contributed by atoms with Crippen molar-refractivity contribution in [2.24, 2.45) is 0 Å². The third-order valence-corrected chi connectivity index (χ3v) is 4.21. The summed E-state index contributed by atoms with van der Waals surface area (Å²) in [6.45, 7) is 5.74. The van der Waals surface area contributed by atoms with Crippen LogP contribution in [0.1, 0.15) is 32.8 Å². The molecule has 6 heteroatoms. The summed E-state index contributed by atoms with van der Waals surface area (Å²) < 4.78 is 10.9. The topological polar surface area (TPSA) is 55.8 Å². The van der Waals surface area contributed by atoms with Crippen LogP contribution in [0.5, 0.6) is 0 Å². The van der Waals surface area contributed by atoms with Gasteiger partial charge in [0.05, 0.1) is 18.8 Å². The van der Waals surface area contributed by atoms with Crippen molar-refractivity contribution >= 4 is 19.6 Å². The fourth-order valence-corrected chi connectivity index (χ4v) is 3.27. The van der Waals surface area contributed by atoms with Crippen LogP contribution in [0.15, 0.2) is 42.5 Å². The van der Waals surface area contributed by atoms with E-state index in [4.69, 9.17) is 17.3 Å². The molecule has 25 heavy (non-hydrogen) atoms. The largest absolute Gasteiger partial charge is 0.463 e. The van der Waals surface area contributed by atoms with Crippen LogP contribution in [0.25, 0.3) is 0 Å². The molecular formula is C19H24BNO4. The van der Waals surface area contributed by atoms with E-state index < -0.39 is 11.5 Å². The Kier molecular flexibility index (Phi) is 6.42. The summed E-state index contributed by atoms with van der Waals surface area (Å²) in [4.78, 5) is 25.0. The molecule has 0 bridgehead atoms. The Balaban J connectivity index is 2.17. The number of rotatable bonds is 6. The minimum atomic E-state index is -0.798. The lowest BCUT2D eigenvalue weighted by atomic mass is 9.95. The number of ether oxygens (including phenoxy) is 2. The number of hydrogen-bond donors (Lipinski definition) is 0. The normalized spacial score (nSPS) is 22.3. The number of nitrogens with zero attached hydrogens (tertiary/aromatic N) is 1. The van der Waals surface area contributed by atoms with Crippen LogP contribution in [-0.4, -0.2) is 49.0 Å². The van der Waals surface area contributed by atoms with Gasteiger partial charge in [0.1, 0.15) is 5.72 Å². The van der Waals surface area contributed by atoms with Gasteiger partial charge >= 0.3 is 5.97 Å². The first-order valence-electron chi connectivity index (χ1n) is 8.49. The first-order chi connectivity index (χ1) is 11.8. The van der Waals surface area contributed by atoms with E-state index in [1.807, 2.05) is 44.2 Å². The second-order valence-corrected chi connectivity index (χ2v) is 6.46. The first kappa shape index (κ1) is 19.3. The molecule has 5 nitrogen and oxygen atoms in total. The monoisotopic (exact) mass is 341 g/mol. The molecule has 0 spiro atoms. The van der Waals surface area contributed by atoms with Crippen LogP contribution in [0.3, 0.4) is 0 Å². The van der Waals surface area contributed by atoms with Crippen LogP contribution in [-0.2, 0) is 20.7 Å². The highest BCUT2D eigenvalue weighted by Crippen LogP contribution is 2.35. The first-order valence-corrected chi connectivity index (χ1v) is 8.49. The number of benzene rings is 1. The molecule has 132 valence electrons. The smallest absolute Gasteiger partial charge is 0.330 e. The molecule has 2 radical (unpaired) electrons. The molecule has 2 rings (SSSR count). The summed E-state index contributed by atoms with van der Waals surface area (Å²) in [6, 6.07) is 9.68. The molecule has 1 aromatic carbocycles. The number of esters is 1. The van der Waals surface area contributed by atoms with Crippen molar-refractivity contribution in [3.63, 3.8) is 0 Å². The Bertz CT molecular complexity index is 630. The second-order valence-electron chi connectivity index (χ2n) is 6.46. The highest BCUT2D eigenvalue weighted by molar-refractivity contribution is 6.57. The van der Waals surface area contributed by atoms with Crippen molar-refractivity contribution in [1.29, 1.82) is 0 Å². The molecule has 1 fully saturated rings. The van der Waals surface area contributed by atoms with E-state index >= 15 is 0 Å². The van der Waals surface area contributed by atoms with Gasteiger partial charge in [-0.25, -0.2) is 4.79 Å². The van der Waals surface area contributed by atoms with Crippen LogP contribution in [0.2, 0.25) is 0 Å². The van der Waals surface area contributed by atoms with Gasteiger partial charge in [0, 0.05) is 6.08 Å². The number of amides is 1. The molecule has 0 aromatic heterocycles. The molecule has 0 aliphatic carbocycles. The van der Waals surface area contributed by atoms with Crippen molar-refractivity contribution in [1.82, 2.24) is 4.90 Å². The molecule has 0 saturated carbocycles. The van der Waals surface area contributed by atoms with E-state index in [1.54, 1.807) is 17.9 Å². The van der Waals surface area contributed by atoms with E-state index in [2.05, 4.69) is 0 Å². The molecule has 2 unspecified atom stereocenters. The summed E-state index contributed by atoms with van der Waals surface area (Å²) in [5, 5.41) is 0. The number of carbonyl (C=O) groups excluding carboxylic acids is 2. The fraction of sp³-hybridized carbons (Fsp3) is 0.474. The van der Waals surface area contributed by atoms with E-state index in [0.717, 1.165) is 5.56 Å². The molecular weight excluding hydrogens is 317 g/mol. The fourth-order valence-electron chi connectivity index (χ4n) is 3.27. The highest BCUT2D eigenvalue weighted by atomic mass is 16.5. The van der Waals surface area contributed by atoms with E-state index in [9.17, 15) is 9.59 Å². The highest BCUT2D eigenvalue weighted by Gasteiger charge is 2.47. The van der Waals surface area contributed by atoms with Crippen LogP contribution < -0.4 is 0 Å². The quantitative estimate of drug-likeness (QED) is 0.454. The Morgan fingerprint density at radius 1 is 1.32 bits per heavy atom. The lowest BCUT2D eigenvalue weighted by molar-refractivity contribution is -0.137. The van der Waals surface area contributed by atoms with Gasteiger partial charge in [0.25, 0.3) is 0 Å². The minimum absolute atomic E-state index is 0.207. The van der Waals surface area contributed by atoms with E-state index in [1.165, 1.54) is 6.08 Å². The summed E-state index contributed by atoms with van der Waals surface area (Å²) in [7, 11) is 5.61. The van der Waals surface area contributed by atoms with Crippen LogP contribution in [0.4, 0.5) is 4.79 Å². The number of carbonyl (C=O) groups is 2. The second kappa shape index (κ2) is 8.34. The molecule has 0 N–H and O–H groups in total. The van der Waals surface area contributed by atoms with Gasteiger partial charge in [-0.2, -0.15) is 0 Å². The molecule has 1 aromatic rings. The van der Waals surface area contributed by atoms with Crippen molar-refractivity contribution in [2.75, 3.05) is 6.61 Å². The van der Waals surface area contributed by atoms with Crippen LogP contribution in [0, 0.1) is 0 Å². The number of hydrogen-bond acceptors (Lipinski definition) is 4. The Hall–Kier alpha value is -2.08. The Labute approximate surface area is 150 Å². The molecule has 2 atom stereocenters. The zero-order valence-electron chi connectivity index (χ0n) is 15.0. The summed E-state index contributed by atoms with van der Waals surface area (Å²) in [5.41, 5.74) is 0.299. The Morgan fingerprint density at radius 2 is 2.00 bits per heavy atom. The maximum Gasteiger partial charge on any atom is 0.330 e. The summed E-state index contributed by atoms with van der Waals surface area (Å²) in [5.74, 6) is -0.895. The lowest BCUT2D eigenvalue weighted by Gasteiger charge is -2.33. The third-order valence-electron chi connectivity index (χ3n) is 4.21. The summed E-state index contributed by atoms with van der Waals surface area (Å²) >= 11 is 0. The molecule has 1 saturated heterocycles. The average molecular weight is 341 g/mol. The van der Waals surface area contributed by atoms with Gasteiger partial charge in [-0.1, -0.05) is 36.4 Å². The van der Waals surface area contributed by atoms with Gasteiger partial charge < -0.3 is 14.4 Å². The zero-order chi connectivity index (χ0) is 18.4. The van der Waals surface area contributed by atoms with Gasteiger partial charge in [-0.15, -0.1) is 0 Å². The SMILES string of the molecule is [B]C(=O)N1C(Cc2ccccc2)C(C/C=C/C(=O)OCC)OC1(C)C. The van der Waals surface area contributed by atoms with Gasteiger partial charge in [-0.05, 0) is 39.2 Å². The van der Waals surface area contributed by atoms with Gasteiger partial charge in [-0.3, -0.25) is 4.79 Å². The van der Waals surface area contributed by atoms with Crippen molar-refractivity contribution < 1.29 is 19.1 Å². The van der Waals surface area contributed by atoms with Crippen LogP contribution >= 0.6 is 0 Å². The third kappa shape index (κ3) is 4.95. The van der Waals surface area contributed by atoms with Crippen molar-refractivity contribution in [3.8, 4) is 0 Å². The van der Waals surface area contributed by atoms with Gasteiger partial charge in [0.15, 0.2) is 5.81 Å². The molecule has 1 amide bonds. The predicted octanol–water partition coefficient (Wildman–Crippen LogP) is 2.83. The molecule has 1 aliphatic heterocycles. The van der Waals surface area contributed by atoms with E-state index in [0.29, 0.717) is 19.4 Å². The minimum Gasteiger partial charge on any atom is -0.463 e. The molecule has 1 aliphatic rings. The molecule has 1 heterocycles. The van der Waals surface area contributed by atoms with E-state index in [-0.39, 0.29) is 18.1 Å². The lowest BCUT2D eigenvalue weighted by Crippen LogP contribution is -2.48. The predicted molar refractivity (Wildman–Crippen MR) is 96.3 cm³/mol. The van der Waals surface area contributed by atoms with Crippen molar-refractivity contribution in [2.45, 2.75) is 51.5 Å². The van der Waals surface area contributed by atoms with Crippen molar-refractivity contribution in [3.05, 3.63) is 48.0 Å². The zero-order valence-corrected chi connectivity index (χ0v) is 15.0.